The van der Waals surface area contributed by atoms with E-state index in [2.05, 4.69) is 4.98 Å². The van der Waals surface area contributed by atoms with E-state index in [1.807, 2.05) is 0 Å². The summed E-state index contributed by atoms with van der Waals surface area (Å²) in [4.78, 5) is 15.3. The average molecular weight is 303 g/mol. The van der Waals surface area contributed by atoms with Crippen LogP contribution in [0.2, 0.25) is 0 Å². The van der Waals surface area contributed by atoms with E-state index in [4.69, 9.17) is 4.42 Å². The third kappa shape index (κ3) is 1.73. The van der Waals surface area contributed by atoms with E-state index in [1.165, 1.54) is 6.07 Å². The molecule has 0 aliphatic heterocycles. The smallest absolute Gasteiger partial charge is 0.416 e. The average Bonchev–Trinajstić information content (AvgIpc) is 2.85. The Morgan fingerprint density at radius 2 is 1.77 bits per heavy atom. The van der Waals surface area contributed by atoms with Crippen molar-refractivity contribution in [2.45, 2.75) is 6.18 Å². The van der Waals surface area contributed by atoms with Crippen molar-refractivity contribution in [3.63, 3.8) is 0 Å². The molecule has 2 aromatic heterocycles. The van der Waals surface area contributed by atoms with Crippen LogP contribution in [0.5, 0.6) is 0 Å². The largest absolute Gasteiger partial charge is 0.450 e. The first-order chi connectivity index (χ1) is 10.4. The monoisotopic (exact) mass is 303 g/mol. The standard InChI is InChI=1S/C16H8F3NO2/c17-16(18,19)8-5-6-9-11(7-8)20-13-10-3-1-2-4-12(10)22-15(13)14(9)21/h1-7H,(H,20,21). The lowest BCUT2D eigenvalue weighted by molar-refractivity contribution is -0.137. The van der Waals surface area contributed by atoms with E-state index in [1.54, 1.807) is 24.3 Å². The topological polar surface area (TPSA) is 46.0 Å². The SMILES string of the molecule is O=c1c2ccc(C(F)(F)F)cc2[nH]c2c1oc1ccccc12. The highest BCUT2D eigenvalue weighted by atomic mass is 19.4. The Balaban J connectivity index is 2.17. The molecule has 4 rings (SSSR count). The van der Waals surface area contributed by atoms with Gasteiger partial charge in [-0.25, -0.2) is 0 Å². The van der Waals surface area contributed by atoms with Gasteiger partial charge in [0, 0.05) is 10.8 Å². The van der Waals surface area contributed by atoms with Gasteiger partial charge < -0.3 is 9.40 Å². The number of aromatic nitrogens is 1. The van der Waals surface area contributed by atoms with Crippen molar-refractivity contribution < 1.29 is 17.6 Å². The predicted octanol–water partition coefficient (Wildman–Crippen LogP) is 4.45. The van der Waals surface area contributed by atoms with Crippen LogP contribution >= 0.6 is 0 Å². The lowest BCUT2D eigenvalue weighted by Gasteiger charge is -2.07. The van der Waals surface area contributed by atoms with Crippen molar-refractivity contribution in [2.75, 3.05) is 0 Å². The summed E-state index contributed by atoms with van der Waals surface area (Å²) in [6, 6.07) is 9.99. The fourth-order valence-corrected chi connectivity index (χ4v) is 2.61. The Hall–Kier alpha value is -2.76. The number of hydrogen-bond donors (Lipinski definition) is 1. The van der Waals surface area contributed by atoms with E-state index in [0.29, 0.717) is 16.5 Å². The van der Waals surface area contributed by atoms with Crippen molar-refractivity contribution in [1.82, 2.24) is 4.98 Å². The number of fused-ring (bicyclic) bond motifs is 4. The van der Waals surface area contributed by atoms with Gasteiger partial charge in [-0.15, -0.1) is 0 Å². The first-order valence-electron chi connectivity index (χ1n) is 6.49. The number of H-pyrrole nitrogens is 1. The molecule has 0 saturated carbocycles. The molecule has 110 valence electrons. The molecular formula is C16H8F3NO2. The van der Waals surface area contributed by atoms with Crippen LogP contribution in [0.4, 0.5) is 13.2 Å². The zero-order valence-electron chi connectivity index (χ0n) is 11.0. The number of rotatable bonds is 0. The molecule has 4 aromatic rings. The van der Waals surface area contributed by atoms with Crippen LogP contribution in [0.3, 0.4) is 0 Å². The maximum atomic E-state index is 12.8. The summed E-state index contributed by atoms with van der Waals surface area (Å²) in [6.07, 6.45) is -4.46. The molecular weight excluding hydrogens is 295 g/mol. The quantitative estimate of drug-likeness (QED) is 0.522. The fraction of sp³-hybridized carbons (Fsp3) is 0.0625. The summed E-state index contributed by atoms with van der Waals surface area (Å²) < 4.78 is 44.0. The normalized spacial score (nSPS) is 12.5. The molecule has 2 heterocycles. The second-order valence-corrected chi connectivity index (χ2v) is 5.01. The number of para-hydroxylation sites is 1. The molecule has 0 amide bonds. The third-order valence-electron chi connectivity index (χ3n) is 3.65. The van der Waals surface area contributed by atoms with Crippen LogP contribution < -0.4 is 5.43 Å². The molecule has 0 aliphatic rings. The van der Waals surface area contributed by atoms with E-state index >= 15 is 0 Å². The highest BCUT2D eigenvalue weighted by Gasteiger charge is 2.30. The second-order valence-electron chi connectivity index (χ2n) is 5.01. The number of furan rings is 1. The van der Waals surface area contributed by atoms with Crippen molar-refractivity contribution >= 4 is 33.0 Å². The number of pyridine rings is 1. The van der Waals surface area contributed by atoms with Gasteiger partial charge >= 0.3 is 6.18 Å². The van der Waals surface area contributed by atoms with E-state index in [0.717, 1.165) is 12.1 Å². The van der Waals surface area contributed by atoms with Gasteiger partial charge in [0.05, 0.1) is 16.6 Å². The molecule has 0 saturated heterocycles. The number of hydrogen-bond acceptors (Lipinski definition) is 2. The molecule has 22 heavy (non-hydrogen) atoms. The number of halogens is 3. The molecule has 0 spiro atoms. The summed E-state index contributed by atoms with van der Waals surface area (Å²) in [6.45, 7) is 0. The molecule has 0 radical (unpaired) electrons. The van der Waals surface area contributed by atoms with Gasteiger partial charge in [0.25, 0.3) is 0 Å². The van der Waals surface area contributed by atoms with E-state index in [-0.39, 0.29) is 16.5 Å². The molecule has 0 fully saturated rings. The first-order valence-corrected chi connectivity index (χ1v) is 6.49. The van der Waals surface area contributed by atoms with Crippen molar-refractivity contribution in [1.29, 1.82) is 0 Å². The van der Waals surface area contributed by atoms with Crippen molar-refractivity contribution in [2.24, 2.45) is 0 Å². The highest BCUT2D eigenvalue weighted by molar-refractivity contribution is 6.05. The van der Waals surface area contributed by atoms with Crippen LogP contribution in [0.1, 0.15) is 5.56 Å². The zero-order valence-corrected chi connectivity index (χ0v) is 11.0. The van der Waals surface area contributed by atoms with Crippen LogP contribution in [0.15, 0.2) is 51.7 Å². The molecule has 6 heteroatoms. The molecule has 0 aliphatic carbocycles. The first kappa shape index (κ1) is 12.9. The number of nitrogens with one attached hydrogen (secondary N) is 1. The maximum absolute atomic E-state index is 12.8. The minimum absolute atomic E-state index is 0.119. The van der Waals surface area contributed by atoms with Crippen LogP contribution in [0, 0.1) is 0 Å². The van der Waals surface area contributed by atoms with Gasteiger partial charge in [-0.2, -0.15) is 13.2 Å². The van der Waals surface area contributed by atoms with Crippen LogP contribution in [-0.4, -0.2) is 4.98 Å². The summed E-state index contributed by atoms with van der Waals surface area (Å²) in [7, 11) is 0. The van der Waals surface area contributed by atoms with E-state index in [9.17, 15) is 18.0 Å². The van der Waals surface area contributed by atoms with E-state index < -0.39 is 17.2 Å². The summed E-state index contributed by atoms with van der Waals surface area (Å²) in [5, 5.41) is 0.827. The summed E-state index contributed by atoms with van der Waals surface area (Å²) in [5.41, 5.74) is -0.0477. The van der Waals surface area contributed by atoms with Gasteiger partial charge in [-0.05, 0) is 30.3 Å². The summed E-state index contributed by atoms with van der Waals surface area (Å²) in [5.74, 6) is 0. The summed E-state index contributed by atoms with van der Waals surface area (Å²) >= 11 is 0. The molecule has 0 bridgehead atoms. The number of aromatic amines is 1. The predicted molar refractivity (Wildman–Crippen MR) is 76.8 cm³/mol. The Bertz CT molecular complexity index is 1090. The molecule has 0 atom stereocenters. The fourth-order valence-electron chi connectivity index (χ4n) is 2.61. The molecule has 0 unspecified atom stereocenters. The van der Waals surface area contributed by atoms with Crippen molar-refractivity contribution in [3.8, 4) is 0 Å². The van der Waals surface area contributed by atoms with Gasteiger partial charge in [0.2, 0.25) is 5.43 Å². The number of benzene rings is 2. The molecule has 2 aromatic carbocycles. The van der Waals surface area contributed by atoms with Crippen molar-refractivity contribution in [3.05, 3.63) is 58.3 Å². The van der Waals surface area contributed by atoms with Gasteiger partial charge in [-0.1, -0.05) is 12.1 Å². The molecule has 3 nitrogen and oxygen atoms in total. The Morgan fingerprint density at radius 3 is 2.55 bits per heavy atom. The Kier molecular flexibility index (Phi) is 2.43. The molecule has 1 N–H and O–H groups in total. The van der Waals surface area contributed by atoms with Crippen LogP contribution in [-0.2, 0) is 6.18 Å². The Labute approximate surface area is 121 Å². The highest BCUT2D eigenvalue weighted by Crippen LogP contribution is 2.32. The minimum atomic E-state index is -4.46. The van der Waals surface area contributed by atoms with Gasteiger partial charge in [0.15, 0.2) is 5.58 Å². The lowest BCUT2D eigenvalue weighted by atomic mass is 10.1. The zero-order chi connectivity index (χ0) is 15.5. The number of alkyl halides is 3. The minimum Gasteiger partial charge on any atom is -0.450 e. The Morgan fingerprint density at radius 1 is 1.00 bits per heavy atom. The maximum Gasteiger partial charge on any atom is 0.416 e. The third-order valence-corrected chi connectivity index (χ3v) is 3.65. The van der Waals surface area contributed by atoms with Gasteiger partial charge in [-0.3, -0.25) is 4.79 Å². The second kappa shape index (κ2) is 4.13. The van der Waals surface area contributed by atoms with Crippen LogP contribution in [0.25, 0.3) is 33.0 Å². The van der Waals surface area contributed by atoms with Gasteiger partial charge in [0.1, 0.15) is 5.58 Å². The lowest BCUT2D eigenvalue weighted by Crippen LogP contribution is -2.07.